The summed E-state index contributed by atoms with van der Waals surface area (Å²) in [5.74, 6) is 0.711. The van der Waals surface area contributed by atoms with Gasteiger partial charge in [-0.15, -0.1) is 0 Å². The van der Waals surface area contributed by atoms with Gasteiger partial charge in [0.15, 0.2) is 11.5 Å². The molecule has 0 heterocycles. The van der Waals surface area contributed by atoms with Crippen LogP contribution in [0.1, 0.15) is 25.7 Å². The van der Waals surface area contributed by atoms with Gasteiger partial charge in [0, 0.05) is 54.3 Å². The highest BCUT2D eigenvalue weighted by Gasteiger charge is 2.49. The Morgan fingerprint density at radius 2 is 1.08 bits per heavy atom. The molecular formula is C38H36Br2Cl5F3N2O9S4. The largest absolute Gasteiger partial charge is 0.495 e. The van der Waals surface area contributed by atoms with Crippen LogP contribution in [0.4, 0.5) is 13.2 Å². The lowest BCUT2D eigenvalue weighted by atomic mass is 10.3. The molecule has 1 amide bonds. The molecule has 2 aliphatic rings. The fraction of sp³-hybridized carbons (Fsp3) is 0.342. The number of rotatable bonds is 15. The second kappa shape index (κ2) is 22.4. The Balaban J connectivity index is 0.000000222. The molecule has 346 valence electrons. The lowest BCUT2D eigenvalue weighted by Crippen LogP contribution is -2.45. The molecular weight excluding hydrogens is 1150 g/mol. The van der Waals surface area contributed by atoms with E-state index in [0.29, 0.717) is 37.6 Å². The average molecular weight is 1190 g/mol. The summed E-state index contributed by atoms with van der Waals surface area (Å²) in [4.78, 5) is 10.3. The van der Waals surface area contributed by atoms with Gasteiger partial charge in [0.25, 0.3) is 9.05 Å². The van der Waals surface area contributed by atoms with Crippen LogP contribution in [0, 0.1) is 0 Å². The van der Waals surface area contributed by atoms with Gasteiger partial charge in [-0.3, -0.25) is 4.79 Å². The summed E-state index contributed by atoms with van der Waals surface area (Å²) in [5.41, 5.74) is -0.968. The molecule has 0 radical (unpaired) electrons. The summed E-state index contributed by atoms with van der Waals surface area (Å²) in [6, 6.07) is 15.2. The average Bonchev–Trinajstić information content (AvgIpc) is 4.12. The Labute approximate surface area is 412 Å². The number of carbonyl (C=O) groups is 1. The van der Waals surface area contributed by atoms with Gasteiger partial charge in [-0.05, 0) is 86.7 Å². The van der Waals surface area contributed by atoms with Crippen molar-refractivity contribution in [2.45, 2.75) is 52.7 Å². The molecule has 0 aliphatic heterocycles. The molecule has 2 N–H and O–H groups in total. The van der Waals surface area contributed by atoms with Gasteiger partial charge in [0.05, 0.1) is 34.3 Å². The maximum atomic E-state index is 13.0. The van der Waals surface area contributed by atoms with E-state index in [1.165, 1.54) is 50.2 Å². The number of benzene rings is 4. The molecule has 2 saturated carbocycles. The number of carbonyl (C=O) groups excluding carboxylic acids is 1. The van der Waals surface area contributed by atoms with E-state index < -0.39 is 42.2 Å². The summed E-state index contributed by atoms with van der Waals surface area (Å²) in [5, 5.41) is 3.16. The van der Waals surface area contributed by atoms with Gasteiger partial charge in [0.2, 0.25) is 10.0 Å². The van der Waals surface area contributed by atoms with Gasteiger partial charge in [0.1, 0.15) is 32.8 Å². The highest BCUT2D eigenvalue weighted by molar-refractivity contribution is 9.10. The number of methoxy groups -OCH3 is 2. The van der Waals surface area contributed by atoms with Crippen molar-refractivity contribution in [1.29, 1.82) is 0 Å². The molecule has 0 aromatic heterocycles. The number of sulfonamides is 1. The van der Waals surface area contributed by atoms with Crippen molar-refractivity contribution in [2.24, 2.45) is 0 Å². The number of thioether (sulfide) groups is 2. The van der Waals surface area contributed by atoms with Crippen molar-refractivity contribution in [3.8, 4) is 34.5 Å². The van der Waals surface area contributed by atoms with Crippen LogP contribution in [0.15, 0.2) is 79.4 Å². The van der Waals surface area contributed by atoms with E-state index in [-0.39, 0.29) is 54.3 Å². The molecule has 0 spiro atoms. The lowest BCUT2D eigenvalue weighted by molar-refractivity contribution is -0.174. The first-order valence-electron chi connectivity index (χ1n) is 17.7. The second-order valence-corrected chi connectivity index (χ2v) is 23.0. The molecule has 6 rings (SSSR count). The zero-order valence-corrected chi connectivity index (χ0v) is 43.3. The Kier molecular flexibility index (Phi) is 19.2. The standard InChI is InChI=1S/C18H18BrCl2NO4S2.C13H8BrCl3O4S.C7H10F3NOS/c1-25-15-4-3-12(26-17-13(20)7-11(19)8-14(17)21)9-16(15)28(23,24)22-18(5-6-18)10-27-2;1-20-11-3-2-8(6-12(11)22(17,18)19)21-13-9(15)4-7(14)5-10(13)16;1-13-4-6(2-3-6)11-5(12)7(8,9)10/h3-4,7-9,22H,5-6,10H2,1-2H3;2-6H,1H3;2-4H2,1H3,(H,11,12). The quantitative estimate of drug-likeness (QED) is 0.110. The Morgan fingerprint density at radius 1 is 0.698 bits per heavy atom. The lowest BCUT2D eigenvalue weighted by Gasteiger charge is -2.18. The summed E-state index contributed by atoms with van der Waals surface area (Å²) in [6.45, 7) is 0. The smallest absolute Gasteiger partial charge is 0.471 e. The molecule has 0 unspecified atom stereocenters. The van der Waals surface area contributed by atoms with Crippen LogP contribution in [0.2, 0.25) is 20.1 Å². The topological polar surface area (TPSA) is 146 Å². The third kappa shape index (κ3) is 15.4. The van der Waals surface area contributed by atoms with Gasteiger partial charge in [-0.2, -0.15) is 36.7 Å². The third-order valence-electron chi connectivity index (χ3n) is 8.72. The van der Waals surface area contributed by atoms with Crippen LogP contribution in [-0.2, 0) is 23.9 Å². The van der Waals surface area contributed by atoms with Crippen molar-refractivity contribution in [1.82, 2.24) is 10.0 Å². The van der Waals surface area contributed by atoms with Crippen LogP contribution >= 0.6 is 112 Å². The van der Waals surface area contributed by atoms with E-state index in [4.69, 9.17) is 76.0 Å². The minimum atomic E-state index is -4.76. The predicted octanol–water partition coefficient (Wildman–Crippen LogP) is 12.8. The van der Waals surface area contributed by atoms with E-state index in [1.54, 1.807) is 54.4 Å². The van der Waals surface area contributed by atoms with Crippen molar-refractivity contribution in [3.05, 3.63) is 89.7 Å². The minimum absolute atomic E-state index is 0.00392. The normalized spacial score (nSPS) is 14.8. The summed E-state index contributed by atoms with van der Waals surface area (Å²) < 4.78 is 110. The van der Waals surface area contributed by atoms with Crippen LogP contribution in [-0.4, -0.2) is 78.2 Å². The molecule has 0 saturated heterocycles. The number of amides is 1. The monoisotopic (exact) mass is 1180 g/mol. The molecule has 0 bridgehead atoms. The Morgan fingerprint density at radius 3 is 1.43 bits per heavy atom. The van der Waals surface area contributed by atoms with Crippen LogP contribution in [0.3, 0.4) is 0 Å². The van der Waals surface area contributed by atoms with E-state index in [2.05, 4.69) is 36.6 Å². The molecule has 0 atom stereocenters. The van der Waals surface area contributed by atoms with Crippen molar-refractivity contribution >= 4 is 137 Å². The fourth-order valence-corrected chi connectivity index (χ4v) is 12.6. The van der Waals surface area contributed by atoms with E-state index in [1.807, 2.05) is 11.6 Å². The summed E-state index contributed by atoms with van der Waals surface area (Å²) in [6.07, 6.45) is 1.93. The van der Waals surface area contributed by atoms with Crippen LogP contribution in [0.25, 0.3) is 0 Å². The number of hydrogen-bond acceptors (Lipinski definition) is 11. The number of halogens is 10. The molecule has 2 fully saturated rings. The van der Waals surface area contributed by atoms with Crippen molar-refractivity contribution in [2.75, 3.05) is 38.2 Å². The SMILES string of the molecule is COc1ccc(Oc2c(Cl)cc(Br)cc2Cl)cc1S(=O)(=O)Cl.COc1ccc(Oc2c(Cl)cc(Br)cc2Cl)cc1S(=O)(=O)NC1(CSC)CC1.CSCC1(NC(=O)C(F)(F)F)CC1. The zero-order chi connectivity index (χ0) is 47.1. The predicted molar refractivity (Wildman–Crippen MR) is 253 cm³/mol. The first kappa shape index (κ1) is 53.9. The highest BCUT2D eigenvalue weighted by atomic mass is 79.9. The number of alkyl halides is 3. The van der Waals surface area contributed by atoms with Crippen LogP contribution < -0.4 is 29.0 Å². The van der Waals surface area contributed by atoms with Gasteiger partial charge in [-0.25, -0.2) is 21.6 Å². The van der Waals surface area contributed by atoms with Gasteiger partial charge < -0.3 is 24.3 Å². The summed E-state index contributed by atoms with van der Waals surface area (Å²) in [7, 11) is 0.341. The molecule has 25 heteroatoms. The summed E-state index contributed by atoms with van der Waals surface area (Å²) >= 11 is 34.1. The second-order valence-electron chi connectivity index (χ2n) is 13.6. The Bertz CT molecular complexity index is 2490. The zero-order valence-electron chi connectivity index (χ0n) is 33.1. The molecule has 4 aromatic carbocycles. The fourth-order valence-electron chi connectivity index (χ4n) is 5.42. The first-order valence-corrected chi connectivity index (χ1v) is 27.4. The number of hydrogen-bond donors (Lipinski definition) is 2. The van der Waals surface area contributed by atoms with Crippen molar-refractivity contribution in [3.63, 3.8) is 0 Å². The van der Waals surface area contributed by atoms with E-state index in [0.717, 1.165) is 18.6 Å². The first-order chi connectivity index (χ1) is 29.3. The Hall–Kier alpha value is -1.69. The van der Waals surface area contributed by atoms with Crippen LogP contribution in [0.5, 0.6) is 34.5 Å². The molecule has 4 aromatic rings. The maximum absolute atomic E-state index is 13.0. The molecule has 11 nitrogen and oxygen atoms in total. The van der Waals surface area contributed by atoms with E-state index in [9.17, 15) is 34.8 Å². The van der Waals surface area contributed by atoms with E-state index >= 15 is 0 Å². The number of nitrogens with one attached hydrogen (secondary N) is 2. The molecule has 63 heavy (non-hydrogen) atoms. The maximum Gasteiger partial charge on any atom is 0.471 e. The minimum Gasteiger partial charge on any atom is -0.495 e. The third-order valence-corrected chi connectivity index (χ3v) is 15.4. The number of ether oxygens (including phenoxy) is 4. The van der Waals surface area contributed by atoms with Gasteiger partial charge in [-0.1, -0.05) is 78.3 Å². The van der Waals surface area contributed by atoms with Crippen molar-refractivity contribution < 1.29 is 53.7 Å². The highest BCUT2D eigenvalue weighted by Crippen LogP contribution is 2.44. The molecule has 2 aliphatic carbocycles. The van der Waals surface area contributed by atoms with Gasteiger partial charge >= 0.3 is 12.1 Å².